The van der Waals surface area contributed by atoms with Crippen LogP contribution in [0.2, 0.25) is 0 Å². The third-order valence-corrected chi connectivity index (χ3v) is 6.34. The van der Waals surface area contributed by atoms with Crippen LogP contribution in [0.4, 0.5) is 5.69 Å². The predicted molar refractivity (Wildman–Crippen MR) is 135 cm³/mol. The van der Waals surface area contributed by atoms with Gasteiger partial charge >= 0.3 is 0 Å². The van der Waals surface area contributed by atoms with E-state index >= 15 is 0 Å². The summed E-state index contributed by atoms with van der Waals surface area (Å²) in [6.45, 7) is 4.41. The quantitative estimate of drug-likeness (QED) is 0.284. The first-order chi connectivity index (χ1) is 15.0. The van der Waals surface area contributed by atoms with Crippen molar-refractivity contribution in [2.24, 2.45) is 0 Å². The second-order valence-electron chi connectivity index (χ2n) is 8.38. The van der Waals surface area contributed by atoms with Crippen LogP contribution in [0.5, 0.6) is 0 Å². The molecule has 0 aromatic heterocycles. The van der Waals surface area contributed by atoms with Crippen molar-refractivity contribution < 1.29 is 5.11 Å². The Kier molecular flexibility index (Phi) is 6.74. The SMILES string of the molecule is CC(C)c1ccc(C(CC(O)c2ccc3ccccc3c2)Nc2ccc(Br)cc2)cc1. The molecule has 0 aliphatic heterocycles. The molecule has 0 spiro atoms. The van der Waals surface area contributed by atoms with Crippen LogP contribution >= 0.6 is 15.9 Å². The molecule has 158 valence electrons. The Hall–Kier alpha value is -2.62. The molecule has 0 saturated carbocycles. The molecule has 0 radical (unpaired) electrons. The Bertz CT molecular complexity index is 1140. The molecule has 0 fully saturated rings. The van der Waals surface area contributed by atoms with Crippen LogP contribution in [-0.2, 0) is 0 Å². The maximum absolute atomic E-state index is 11.1. The van der Waals surface area contributed by atoms with Gasteiger partial charge < -0.3 is 10.4 Å². The van der Waals surface area contributed by atoms with Gasteiger partial charge in [-0.25, -0.2) is 0 Å². The van der Waals surface area contributed by atoms with E-state index in [1.165, 1.54) is 16.5 Å². The fourth-order valence-corrected chi connectivity index (χ4v) is 4.18. The third kappa shape index (κ3) is 5.36. The molecule has 2 unspecified atom stereocenters. The van der Waals surface area contributed by atoms with Crippen molar-refractivity contribution in [1.82, 2.24) is 0 Å². The number of anilines is 1. The lowest BCUT2D eigenvalue weighted by Gasteiger charge is -2.24. The van der Waals surface area contributed by atoms with Crippen molar-refractivity contribution in [3.63, 3.8) is 0 Å². The van der Waals surface area contributed by atoms with E-state index in [2.05, 4.69) is 95.8 Å². The van der Waals surface area contributed by atoms with E-state index in [9.17, 15) is 5.11 Å². The summed E-state index contributed by atoms with van der Waals surface area (Å²) >= 11 is 3.50. The lowest BCUT2D eigenvalue weighted by atomic mass is 9.93. The molecule has 2 N–H and O–H groups in total. The molecule has 4 aromatic carbocycles. The highest BCUT2D eigenvalue weighted by molar-refractivity contribution is 9.10. The van der Waals surface area contributed by atoms with E-state index in [4.69, 9.17) is 0 Å². The van der Waals surface area contributed by atoms with Gasteiger partial charge in [0.1, 0.15) is 0 Å². The highest BCUT2D eigenvalue weighted by Gasteiger charge is 2.19. The largest absolute Gasteiger partial charge is 0.388 e. The average molecular weight is 474 g/mol. The number of nitrogens with one attached hydrogen (secondary N) is 1. The summed E-state index contributed by atoms with van der Waals surface area (Å²) in [5.41, 5.74) is 4.47. The number of hydrogen-bond acceptors (Lipinski definition) is 2. The van der Waals surface area contributed by atoms with Gasteiger partial charge in [0.25, 0.3) is 0 Å². The molecule has 0 heterocycles. The molecule has 2 nitrogen and oxygen atoms in total. The van der Waals surface area contributed by atoms with E-state index in [-0.39, 0.29) is 6.04 Å². The van der Waals surface area contributed by atoms with Gasteiger partial charge in [-0.1, -0.05) is 90.4 Å². The van der Waals surface area contributed by atoms with Gasteiger partial charge in [0, 0.05) is 16.6 Å². The Morgan fingerprint density at radius 2 is 1.35 bits per heavy atom. The van der Waals surface area contributed by atoms with Gasteiger partial charge in [0.05, 0.1) is 12.1 Å². The highest BCUT2D eigenvalue weighted by Crippen LogP contribution is 2.32. The zero-order chi connectivity index (χ0) is 21.8. The molecular formula is C28H28BrNO. The Balaban J connectivity index is 1.61. The van der Waals surface area contributed by atoms with Crippen molar-refractivity contribution >= 4 is 32.4 Å². The first-order valence-electron chi connectivity index (χ1n) is 10.8. The lowest BCUT2D eigenvalue weighted by Crippen LogP contribution is -2.15. The molecule has 0 bridgehead atoms. The van der Waals surface area contributed by atoms with Crippen LogP contribution in [-0.4, -0.2) is 5.11 Å². The number of hydrogen-bond donors (Lipinski definition) is 2. The summed E-state index contributed by atoms with van der Waals surface area (Å²) in [7, 11) is 0. The van der Waals surface area contributed by atoms with Crippen LogP contribution in [0.15, 0.2) is 95.5 Å². The van der Waals surface area contributed by atoms with E-state index in [0.29, 0.717) is 12.3 Å². The normalized spacial score (nSPS) is 13.3. The summed E-state index contributed by atoms with van der Waals surface area (Å²) in [6.07, 6.45) is 0.0115. The van der Waals surface area contributed by atoms with Crippen molar-refractivity contribution in [3.8, 4) is 0 Å². The molecule has 2 atom stereocenters. The van der Waals surface area contributed by atoms with Gasteiger partial charge in [-0.3, -0.25) is 0 Å². The molecule has 0 saturated heterocycles. The molecule has 31 heavy (non-hydrogen) atoms. The third-order valence-electron chi connectivity index (χ3n) is 5.81. The molecular weight excluding hydrogens is 446 g/mol. The minimum absolute atomic E-state index is 0.0103. The van der Waals surface area contributed by atoms with Crippen molar-refractivity contribution in [2.45, 2.75) is 38.3 Å². The molecule has 4 rings (SSSR count). The number of rotatable bonds is 7. The topological polar surface area (TPSA) is 32.3 Å². The fourth-order valence-electron chi connectivity index (χ4n) is 3.91. The Morgan fingerprint density at radius 3 is 2.03 bits per heavy atom. The minimum Gasteiger partial charge on any atom is -0.388 e. The molecule has 0 amide bonds. The van der Waals surface area contributed by atoms with Gasteiger partial charge in [-0.15, -0.1) is 0 Å². The van der Waals surface area contributed by atoms with Crippen LogP contribution in [0.1, 0.15) is 55.0 Å². The number of halogens is 1. The summed E-state index contributed by atoms with van der Waals surface area (Å²) < 4.78 is 1.05. The van der Waals surface area contributed by atoms with Gasteiger partial charge in [-0.2, -0.15) is 0 Å². The fraction of sp³-hybridized carbons (Fsp3) is 0.214. The second kappa shape index (κ2) is 9.67. The number of benzene rings is 4. The standard InChI is InChI=1S/C28H28BrNO/c1-19(2)20-7-10-22(11-8-20)27(30-26-15-13-25(29)14-16-26)18-28(31)24-12-9-21-5-3-4-6-23(21)17-24/h3-17,19,27-28,30-31H,18H2,1-2H3. The number of fused-ring (bicyclic) bond motifs is 1. The molecule has 0 aliphatic carbocycles. The van der Waals surface area contributed by atoms with Gasteiger partial charge in [0.15, 0.2) is 0 Å². The highest BCUT2D eigenvalue weighted by atomic mass is 79.9. The maximum atomic E-state index is 11.1. The van der Waals surface area contributed by atoms with E-state index < -0.39 is 6.10 Å². The molecule has 3 heteroatoms. The zero-order valence-electron chi connectivity index (χ0n) is 17.9. The number of aliphatic hydroxyl groups is 1. The van der Waals surface area contributed by atoms with Crippen LogP contribution in [0.25, 0.3) is 10.8 Å². The summed E-state index contributed by atoms with van der Waals surface area (Å²) in [5, 5.41) is 17.1. The van der Waals surface area contributed by atoms with Gasteiger partial charge in [0.2, 0.25) is 0 Å². The minimum atomic E-state index is -0.567. The average Bonchev–Trinajstić information content (AvgIpc) is 2.79. The smallest absolute Gasteiger partial charge is 0.0813 e. The van der Waals surface area contributed by atoms with Gasteiger partial charge in [-0.05, 0) is 63.7 Å². The Labute approximate surface area is 193 Å². The summed E-state index contributed by atoms with van der Waals surface area (Å²) in [4.78, 5) is 0. The number of aliphatic hydroxyl groups excluding tert-OH is 1. The molecule has 0 aliphatic rings. The second-order valence-corrected chi connectivity index (χ2v) is 9.30. The summed E-state index contributed by atoms with van der Waals surface area (Å²) in [5.74, 6) is 0.495. The van der Waals surface area contributed by atoms with Crippen molar-refractivity contribution in [2.75, 3.05) is 5.32 Å². The first-order valence-corrected chi connectivity index (χ1v) is 11.6. The maximum Gasteiger partial charge on any atom is 0.0813 e. The first kappa shape index (κ1) is 21.6. The predicted octanol–water partition coefficient (Wildman–Crippen LogP) is 8.00. The monoisotopic (exact) mass is 473 g/mol. The summed E-state index contributed by atoms with van der Waals surface area (Å²) in [6, 6.07) is 31.4. The molecule has 4 aromatic rings. The Morgan fingerprint density at radius 1 is 0.742 bits per heavy atom. The lowest BCUT2D eigenvalue weighted by molar-refractivity contribution is 0.161. The van der Waals surface area contributed by atoms with Crippen molar-refractivity contribution in [3.05, 3.63) is 112 Å². The van der Waals surface area contributed by atoms with Crippen LogP contribution in [0, 0.1) is 0 Å². The van der Waals surface area contributed by atoms with E-state index in [0.717, 1.165) is 21.1 Å². The van der Waals surface area contributed by atoms with Crippen molar-refractivity contribution in [1.29, 1.82) is 0 Å². The van der Waals surface area contributed by atoms with E-state index in [1.807, 2.05) is 30.3 Å². The zero-order valence-corrected chi connectivity index (χ0v) is 19.5. The van der Waals surface area contributed by atoms with E-state index in [1.54, 1.807) is 0 Å². The van der Waals surface area contributed by atoms with Crippen LogP contribution < -0.4 is 5.32 Å². The van der Waals surface area contributed by atoms with Crippen LogP contribution in [0.3, 0.4) is 0 Å².